The van der Waals surface area contributed by atoms with Crippen molar-refractivity contribution in [2.75, 3.05) is 0 Å². The van der Waals surface area contributed by atoms with E-state index in [1.165, 1.54) is 12.1 Å². The van der Waals surface area contributed by atoms with Gasteiger partial charge in [-0.05, 0) is 36.4 Å². The summed E-state index contributed by atoms with van der Waals surface area (Å²) in [5.41, 5.74) is 1.18. The molecule has 0 saturated carbocycles. The molecule has 0 aliphatic rings. The predicted molar refractivity (Wildman–Crippen MR) is 61.9 cm³/mol. The predicted octanol–water partition coefficient (Wildman–Crippen LogP) is 3.16. The molecule has 0 saturated heterocycles. The largest absolute Gasteiger partial charge is 0.307 e. The second-order valence-corrected chi connectivity index (χ2v) is 3.62. The van der Waals surface area contributed by atoms with E-state index in [1.54, 1.807) is 35.0 Å². The molecule has 0 spiro atoms. The Morgan fingerprint density at radius 1 is 1.19 bits per heavy atom. The topological polar surface area (TPSA) is 22.0 Å². The molecule has 0 atom stereocenters. The smallest absolute Gasteiger partial charge is 0.153 e. The van der Waals surface area contributed by atoms with Crippen molar-refractivity contribution in [2.24, 2.45) is 0 Å². The second-order valence-electron chi connectivity index (χ2n) is 3.23. The normalized spacial score (nSPS) is 10.1. The Morgan fingerprint density at radius 2 is 1.88 bits per heavy atom. The minimum Gasteiger partial charge on any atom is -0.307 e. The number of aromatic nitrogens is 1. The zero-order valence-electron chi connectivity index (χ0n) is 8.26. The van der Waals surface area contributed by atoms with Crippen LogP contribution in [-0.2, 0) is 0 Å². The van der Waals surface area contributed by atoms with E-state index in [-0.39, 0.29) is 5.82 Å². The summed E-state index contributed by atoms with van der Waals surface area (Å²) >= 11 is 5.14. The van der Waals surface area contributed by atoms with Gasteiger partial charge in [0.2, 0.25) is 0 Å². The molecule has 16 heavy (non-hydrogen) atoms. The maximum absolute atomic E-state index is 12.8. The summed E-state index contributed by atoms with van der Waals surface area (Å²) in [6, 6.07) is 9.30. The number of hydrogen-bond donors (Lipinski definition) is 0. The van der Waals surface area contributed by atoms with E-state index >= 15 is 0 Å². The van der Waals surface area contributed by atoms with Gasteiger partial charge in [-0.25, -0.2) is 4.39 Å². The molecule has 0 aliphatic heterocycles. The van der Waals surface area contributed by atoms with Crippen LogP contribution in [0.4, 0.5) is 4.39 Å². The van der Waals surface area contributed by atoms with Crippen molar-refractivity contribution in [1.82, 2.24) is 4.57 Å². The van der Waals surface area contributed by atoms with Gasteiger partial charge in [0.05, 0.1) is 0 Å². The number of aldehydes is 1. The first-order chi connectivity index (χ1) is 7.72. The summed E-state index contributed by atoms with van der Waals surface area (Å²) in [7, 11) is 0. The third-order valence-corrected chi connectivity index (χ3v) is 2.64. The summed E-state index contributed by atoms with van der Waals surface area (Å²) in [5.74, 6) is -0.304. The van der Waals surface area contributed by atoms with Crippen LogP contribution in [-0.4, -0.2) is 10.9 Å². The summed E-state index contributed by atoms with van der Waals surface area (Å²) in [5, 5.41) is 0. The van der Waals surface area contributed by atoms with Gasteiger partial charge in [-0.3, -0.25) is 4.79 Å². The van der Waals surface area contributed by atoms with Gasteiger partial charge in [-0.1, -0.05) is 12.2 Å². The molecule has 0 N–H and O–H groups in total. The van der Waals surface area contributed by atoms with Crippen LogP contribution in [0.1, 0.15) is 10.4 Å². The number of halogens is 1. The fourth-order valence-corrected chi connectivity index (χ4v) is 1.69. The van der Waals surface area contributed by atoms with Gasteiger partial charge in [-0.15, -0.1) is 0 Å². The average molecular weight is 233 g/mol. The summed E-state index contributed by atoms with van der Waals surface area (Å²) < 4.78 is 14.8. The number of carbonyl (C=O) groups is 1. The lowest BCUT2D eigenvalue weighted by molar-refractivity contribution is 0.112. The van der Waals surface area contributed by atoms with Gasteiger partial charge in [-0.2, -0.15) is 0 Å². The van der Waals surface area contributed by atoms with Gasteiger partial charge < -0.3 is 4.57 Å². The zero-order chi connectivity index (χ0) is 11.5. The maximum Gasteiger partial charge on any atom is 0.153 e. The first kappa shape index (κ1) is 10.7. The second kappa shape index (κ2) is 4.37. The number of rotatable bonds is 2. The van der Waals surface area contributed by atoms with Crippen LogP contribution in [0.5, 0.6) is 0 Å². The van der Waals surface area contributed by atoms with Crippen molar-refractivity contribution in [3.63, 3.8) is 0 Å². The van der Waals surface area contributed by atoms with Crippen LogP contribution in [0.25, 0.3) is 5.69 Å². The molecular formula is C12H8FNOS. The van der Waals surface area contributed by atoms with Crippen molar-refractivity contribution in [3.8, 4) is 5.69 Å². The van der Waals surface area contributed by atoms with Gasteiger partial charge in [0.1, 0.15) is 10.5 Å². The van der Waals surface area contributed by atoms with Crippen molar-refractivity contribution in [1.29, 1.82) is 0 Å². The average Bonchev–Trinajstić information content (AvgIpc) is 2.31. The van der Waals surface area contributed by atoms with E-state index in [9.17, 15) is 9.18 Å². The van der Waals surface area contributed by atoms with Crippen LogP contribution < -0.4 is 0 Å². The summed E-state index contributed by atoms with van der Waals surface area (Å²) in [4.78, 5) is 10.7. The third-order valence-electron chi connectivity index (χ3n) is 2.21. The van der Waals surface area contributed by atoms with Crippen LogP contribution in [0.2, 0.25) is 0 Å². The van der Waals surface area contributed by atoms with Gasteiger partial charge in [0.15, 0.2) is 6.29 Å². The van der Waals surface area contributed by atoms with Crippen LogP contribution in [0, 0.1) is 10.5 Å². The van der Waals surface area contributed by atoms with Crippen LogP contribution in [0.3, 0.4) is 0 Å². The Balaban J connectivity index is 2.60. The third kappa shape index (κ3) is 1.92. The molecule has 0 amide bonds. The highest BCUT2D eigenvalue weighted by molar-refractivity contribution is 7.71. The lowest BCUT2D eigenvalue weighted by atomic mass is 10.2. The molecule has 2 rings (SSSR count). The quantitative estimate of drug-likeness (QED) is 0.587. The highest BCUT2D eigenvalue weighted by atomic mass is 32.1. The molecule has 0 radical (unpaired) electrons. The minimum absolute atomic E-state index is 0.304. The fourth-order valence-electron chi connectivity index (χ4n) is 1.41. The standard InChI is InChI=1S/C12H8FNOS/c13-10-3-5-11(6-4-10)14-7-1-2-9(8-15)12(14)16/h1-8H. The lowest BCUT2D eigenvalue weighted by Crippen LogP contribution is -1.99. The Bertz CT molecular complexity index is 574. The molecule has 0 bridgehead atoms. The minimum atomic E-state index is -0.304. The van der Waals surface area contributed by atoms with Crippen molar-refractivity contribution >= 4 is 18.5 Å². The number of carbonyl (C=O) groups excluding carboxylic acids is 1. The molecule has 4 heteroatoms. The van der Waals surface area contributed by atoms with Crippen LogP contribution in [0.15, 0.2) is 42.6 Å². The van der Waals surface area contributed by atoms with Gasteiger partial charge in [0.25, 0.3) is 0 Å². The SMILES string of the molecule is O=Cc1cccn(-c2ccc(F)cc2)c1=S. The monoisotopic (exact) mass is 233 g/mol. The molecule has 1 heterocycles. The van der Waals surface area contributed by atoms with E-state index in [4.69, 9.17) is 12.2 Å². The number of hydrogen-bond acceptors (Lipinski definition) is 2. The van der Waals surface area contributed by atoms with Crippen molar-refractivity contribution in [3.05, 3.63) is 58.6 Å². The van der Waals surface area contributed by atoms with Crippen molar-refractivity contribution in [2.45, 2.75) is 0 Å². The molecule has 1 aromatic carbocycles. The van der Waals surface area contributed by atoms with Gasteiger partial charge in [0, 0.05) is 17.4 Å². The molecular weight excluding hydrogens is 225 g/mol. The van der Waals surface area contributed by atoms with E-state index in [0.29, 0.717) is 16.5 Å². The van der Waals surface area contributed by atoms with E-state index in [2.05, 4.69) is 0 Å². The molecule has 2 nitrogen and oxygen atoms in total. The Kier molecular flexibility index (Phi) is 2.92. The Hall–Kier alpha value is -1.81. The highest BCUT2D eigenvalue weighted by Gasteiger charge is 2.00. The molecule has 0 unspecified atom stereocenters. The molecule has 2 aromatic rings. The van der Waals surface area contributed by atoms with E-state index in [1.807, 2.05) is 0 Å². The summed E-state index contributed by atoms with van der Waals surface area (Å²) in [6.07, 6.45) is 2.45. The van der Waals surface area contributed by atoms with Gasteiger partial charge >= 0.3 is 0 Å². The number of nitrogens with zero attached hydrogens (tertiary/aromatic N) is 1. The number of pyridine rings is 1. The van der Waals surface area contributed by atoms with E-state index in [0.717, 1.165) is 5.69 Å². The first-order valence-electron chi connectivity index (χ1n) is 4.65. The van der Waals surface area contributed by atoms with Crippen molar-refractivity contribution < 1.29 is 9.18 Å². The lowest BCUT2D eigenvalue weighted by Gasteiger charge is -2.07. The maximum atomic E-state index is 12.8. The van der Waals surface area contributed by atoms with E-state index < -0.39 is 0 Å². The zero-order valence-corrected chi connectivity index (χ0v) is 9.08. The number of benzene rings is 1. The Labute approximate surface area is 97.0 Å². The highest BCUT2D eigenvalue weighted by Crippen LogP contribution is 2.11. The summed E-state index contributed by atoms with van der Waals surface area (Å²) in [6.45, 7) is 0. The molecule has 0 aliphatic carbocycles. The first-order valence-corrected chi connectivity index (χ1v) is 5.06. The Morgan fingerprint density at radius 3 is 2.50 bits per heavy atom. The fraction of sp³-hybridized carbons (Fsp3) is 0. The molecule has 1 aromatic heterocycles. The van der Waals surface area contributed by atoms with Crippen LogP contribution >= 0.6 is 12.2 Å². The molecule has 80 valence electrons. The molecule has 0 fully saturated rings.